The van der Waals surface area contributed by atoms with E-state index in [0.717, 1.165) is 48.9 Å². The van der Waals surface area contributed by atoms with Gasteiger partial charge in [0.05, 0.1) is 36.4 Å². The standard InChI is InChI=1S/C22H26FN7O/c1-24-20-12-17(31-3)11-18(23)22(20)26-14-16-10-19(28-27-16)15-4-5-21(25-13-15)30-8-6-29(2)7-9-30/h4-5,10-13,26H,1,6-9,14H2,2-3H3,(H,27,28). The van der Waals surface area contributed by atoms with Crippen LogP contribution in [0.4, 0.5) is 21.6 Å². The average Bonchev–Trinajstić information content (AvgIpc) is 3.27. The minimum atomic E-state index is -0.454. The topological polar surface area (TPSA) is 81.7 Å². The maximum absolute atomic E-state index is 14.4. The molecule has 2 N–H and O–H groups in total. The average molecular weight is 423 g/mol. The van der Waals surface area contributed by atoms with Gasteiger partial charge in [0.15, 0.2) is 5.82 Å². The molecule has 31 heavy (non-hydrogen) atoms. The summed E-state index contributed by atoms with van der Waals surface area (Å²) >= 11 is 0. The van der Waals surface area contributed by atoms with Gasteiger partial charge >= 0.3 is 0 Å². The Bertz CT molecular complexity index is 1040. The van der Waals surface area contributed by atoms with Crippen molar-refractivity contribution in [3.63, 3.8) is 0 Å². The normalized spacial score (nSPS) is 14.5. The van der Waals surface area contributed by atoms with Gasteiger partial charge in [-0.25, -0.2) is 9.37 Å². The van der Waals surface area contributed by atoms with Crippen molar-refractivity contribution in [2.24, 2.45) is 4.99 Å². The highest BCUT2D eigenvalue weighted by Gasteiger charge is 2.16. The molecule has 1 aromatic carbocycles. The Morgan fingerprint density at radius 2 is 2.03 bits per heavy atom. The number of halogens is 1. The number of nitrogens with zero attached hydrogens (tertiary/aromatic N) is 5. The van der Waals surface area contributed by atoms with Gasteiger partial charge in [-0.15, -0.1) is 0 Å². The van der Waals surface area contributed by atoms with E-state index >= 15 is 0 Å². The Hall–Kier alpha value is -3.46. The fourth-order valence-electron chi connectivity index (χ4n) is 3.53. The molecule has 162 valence electrons. The zero-order chi connectivity index (χ0) is 21.8. The number of hydrogen-bond donors (Lipinski definition) is 2. The predicted molar refractivity (Wildman–Crippen MR) is 121 cm³/mol. The Kier molecular flexibility index (Phi) is 6.13. The molecular formula is C22H26FN7O. The van der Waals surface area contributed by atoms with E-state index in [0.29, 0.717) is 18.0 Å². The van der Waals surface area contributed by atoms with E-state index in [1.54, 1.807) is 6.07 Å². The first-order valence-corrected chi connectivity index (χ1v) is 10.1. The molecule has 0 saturated carbocycles. The first-order chi connectivity index (χ1) is 15.1. The molecule has 3 heterocycles. The van der Waals surface area contributed by atoms with Crippen LogP contribution in [-0.2, 0) is 6.54 Å². The van der Waals surface area contributed by atoms with E-state index < -0.39 is 5.82 Å². The van der Waals surface area contributed by atoms with Crippen molar-refractivity contribution in [2.45, 2.75) is 6.54 Å². The third-order valence-electron chi connectivity index (χ3n) is 5.41. The second kappa shape index (κ2) is 9.13. The highest BCUT2D eigenvalue weighted by Crippen LogP contribution is 2.33. The van der Waals surface area contributed by atoms with Crippen LogP contribution in [0.3, 0.4) is 0 Å². The fraction of sp³-hybridized carbons (Fsp3) is 0.318. The van der Waals surface area contributed by atoms with E-state index in [1.165, 1.54) is 13.2 Å². The second-order valence-corrected chi connectivity index (χ2v) is 7.49. The molecule has 2 aromatic heterocycles. The van der Waals surface area contributed by atoms with E-state index in [2.05, 4.69) is 49.1 Å². The molecule has 4 rings (SSSR count). The SMILES string of the molecule is C=Nc1cc(OC)cc(F)c1NCc1cc(-c2ccc(N3CCN(C)CC3)nc2)n[nH]1. The van der Waals surface area contributed by atoms with Crippen molar-refractivity contribution in [3.05, 3.63) is 48.0 Å². The van der Waals surface area contributed by atoms with Gasteiger partial charge in [-0.05, 0) is 32.0 Å². The molecule has 1 fully saturated rings. The largest absolute Gasteiger partial charge is 0.497 e. The molecule has 0 atom stereocenters. The van der Waals surface area contributed by atoms with Crippen molar-refractivity contribution in [1.82, 2.24) is 20.1 Å². The monoisotopic (exact) mass is 423 g/mol. The summed E-state index contributed by atoms with van der Waals surface area (Å²) in [6.45, 7) is 7.89. The van der Waals surface area contributed by atoms with Crippen molar-refractivity contribution in [2.75, 3.05) is 50.6 Å². The number of aromatic nitrogens is 3. The molecule has 3 aromatic rings. The number of ether oxygens (including phenoxy) is 1. The Labute approximate surface area is 180 Å². The van der Waals surface area contributed by atoms with Gasteiger partial charge in [-0.2, -0.15) is 5.10 Å². The van der Waals surface area contributed by atoms with Gasteiger partial charge in [0.1, 0.15) is 11.6 Å². The van der Waals surface area contributed by atoms with Crippen molar-refractivity contribution in [1.29, 1.82) is 0 Å². The third-order valence-corrected chi connectivity index (χ3v) is 5.41. The minimum absolute atomic E-state index is 0.269. The summed E-state index contributed by atoms with van der Waals surface area (Å²) in [6, 6.07) is 8.91. The summed E-state index contributed by atoms with van der Waals surface area (Å²) in [5, 5.41) is 10.4. The Balaban J connectivity index is 1.42. The molecule has 1 aliphatic rings. The van der Waals surface area contributed by atoms with Crippen molar-refractivity contribution in [3.8, 4) is 17.0 Å². The van der Waals surface area contributed by atoms with Gasteiger partial charge in [-0.1, -0.05) is 0 Å². The van der Waals surface area contributed by atoms with E-state index in [1.807, 2.05) is 24.4 Å². The summed E-state index contributed by atoms with van der Waals surface area (Å²) in [5.41, 5.74) is 3.17. The molecule has 0 bridgehead atoms. The van der Waals surface area contributed by atoms with Crippen LogP contribution in [0.2, 0.25) is 0 Å². The fourth-order valence-corrected chi connectivity index (χ4v) is 3.53. The lowest BCUT2D eigenvalue weighted by Gasteiger charge is -2.33. The third kappa shape index (κ3) is 4.66. The summed E-state index contributed by atoms with van der Waals surface area (Å²) in [6.07, 6.45) is 1.84. The number of anilines is 2. The van der Waals surface area contributed by atoms with Crippen LogP contribution in [0.1, 0.15) is 5.69 Å². The zero-order valence-corrected chi connectivity index (χ0v) is 17.7. The lowest BCUT2D eigenvalue weighted by atomic mass is 10.2. The molecule has 9 heteroatoms. The van der Waals surface area contributed by atoms with Crippen LogP contribution < -0.4 is 15.0 Å². The molecule has 8 nitrogen and oxygen atoms in total. The molecule has 1 aliphatic heterocycles. The number of pyridine rings is 1. The number of likely N-dealkylation sites (N-methyl/N-ethyl adjacent to an activating group) is 1. The van der Waals surface area contributed by atoms with Crippen LogP contribution in [0, 0.1) is 5.82 Å². The number of benzene rings is 1. The Morgan fingerprint density at radius 1 is 1.23 bits per heavy atom. The lowest BCUT2D eigenvalue weighted by Crippen LogP contribution is -2.44. The number of aliphatic imine (C=N–C) groups is 1. The molecular weight excluding hydrogens is 397 g/mol. The smallest absolute Gasteiger partial charge is 0.152 e. The maximum atomic E-state index is 14.4. The first-order valence-electron chi connectivity index (χ1n) is 10.1. The number of hydrogen-bond acceptors (Lipinski definition) is 7. The number of aromatic amines is 1. The van der Waals surface area contributed by atoms with Crippen molar-refractivity contribution < 1.29 is 9.13 Å². The molecule has 0 radical (unpaired) electrons. The minimum Gasteiger partial charge on any atom is -0.497 e. The van der Waals surface area contributed by atoms with Gasteiger partial charge in [0, 0.05) is 50.1 Å². The van der Waals surface area contributed by atoms with E-state index in [9.17, 15) is 4.39 Å². The van der Waals surface area contributed by atoms with Crippen molar-refractivity contribution >= 4 is 23.9 Å². The molecule has 0 amide bonds. The quantitative estimate of drug-likeness (QED) is 0.568. The number of nitrogens with one attached hydrogen (secondary N) is 2. The van der Waals surface area contributed by atoms with Crippen LogP contribution >= 0.6 is 0 Å². The molecule has 0 spiro atoms. The summed E-state index contributed by atoms with van der Waals surface area (Å²) < 4.78 is 19.5. The maximum Gasteiger partial charge on any atom is 0.152 e. The van der Waals surface area contributed by atoms with Crippen LogP contribution in [-0.4, -0.2) is 67.1 Å². The second-order valence-electron chi connectivity index (χ2n) is 7.49. The number of H-pyrrole nitrogens is 1. The van der Waals surface area contributed by atoms with E-state index in [4.69, 9.17) is 4.74 Å². The van der Waals surface area contributed by atoms with Crippen LogP contribution in [0.25, 0.3) is 11.3 Å². The summed E-state index contributed by atoms with van der Waals surface area (Å²) in [5.74, 6) is 0.917. The zero-order valence-electron chi connectivity index (χ0n) is 17.7. The first kappa shape index (κ1) is 20.8. The predicted octanol–water partition coefficient (Wildman–Crippen LogP) is 3.32. The van der Waals surface area contributed by atoms with Crippen LogP contribution in [0.5, 0.6) is 5.75 Å². The molecule has 0 aliphatic carbocycles. The van der Waals surface area contributed by atoms with Crippen LogP contribution in [0.15, 0.2) is 41.5 Å². The summed E-state index contributed by atoms with van der Waals surface area (Å²) in [4.78, 5) is 13.1. The highest BCUT2D eigenvalue weighted by atomic mass is 19.1. The Morgan fingerprint density at radius 3 is 2.71 bits per heavy atom. The van der Waals surface area contributed by atoms with Gasteiger partial charge in [0.2, 0.25) is 0 Å². The number of rotatable bonds is 7. The molecule has 1 saturated heterocycles. The van der Waals surface area contributed by atoms with Gasteiger partial charge in [0.25, 0.3) is 0 Å². The number of piperazine rings is 1. The van der Waals surface area contributed by atoms with Gasteiger partial charge in [-0.3, -0.25) is 10.1 Å². The molecule has 0 unspecified atom stereocenters. The number of methoxy groups -OCH3 is 1. The highest BCUT2D eigenvalue weighted by molar-refractivity contribution is 5.70. The van der Waals surface area contributed by atoms with Gasteiger partial charge < -0.3 is 19.9 Å². The van der Waals surface area contributed by atoms with E-state index in [-0.39, 0.29) is 5.69 Å². The summed E-state index contributed by atoms with van der Waals surface area (Å²) in [7, 11) is 3.61. The lowest BCUT2D eigenvalue weighted by molar-refractivity contribution is 0.312.